The number of thioether (sulfide) groups is 1. The Kier molecular flexibility index (Phi) is 4.94. The van der Waals surface area contributed by atoms with Gasteiger partial charge in [0.2, 0.25) is 5.91 Å². The number of halogens is 1. The van der Waals surface area contributed by atoms with Gasteiger partial charge in [0.1, 0.15) is 6.07 Å². The lowest BCUT2D eigenvalue weighted by Gasteiger charge is -2.28. The highest BCUT2D eigenvalue weighted by atomic mass is 35.5. The van der Waals surface area contributed by atoms with E-state index in [0.717, 1.165) is 4.90 Å². The van der Waals surface area contributed by atoms with Crippen molar-refractivity contribution in [2.75, 3.05) is 16.8 Å². The summed E-state index contributed by atoms with van der Waals surface area (Å²) in [5.41, 5.74) is 1.36. The highest BCUT2D eigenvalue weighted by molar-refractivity contribution is 8.02. The molecule has 2 aromatic carbocycles. The lowest BCUT2D eigenvalue weighted by Crippen LogP contribution is -2.48. The first kappa shape index (κ1) is 19.3. The topological polar surface area (TPSA) is 99.5 Å². The number of hydrogen-bond donors (Lipinski definition) is 1. The highest BCUT2D eigenvalue weighted by Crippen LogP contribution is 2.56. The van der Waals surface area contributed by atoms with Crippen molar-refractivity contribution < 1.29 is 19.1 Å². The van der Waals surface area contributed by atoms with Gasteiger partial charge in [-0.1, -0.05) is 35.5 Å². The average molecular weight is 428 g/mol. The largest absolute Gasteiger partial charge is 0.453 e. The number of nitrogens with one attached hydrogen (secondary N) is 1. The van der Waals surface area contributed by atoms with Gasteiger partial charge >= 0.3 is 5.97 Å². The molecule has 2 aliphatic rings. The summed E-state index contributed by atoms with van der Waals surface area (Å²) in [6.07, 6.45) is 0.559. The van der Waals surface area contributed by atoms with Crippen LogP contribution in [0, 0.1) is 11.3 Å². The van der Waals surface area contributed by atoms with E-state index in [-0.39, 0.29) is 17.4 Å². The Bertz CT molecular complexity index is 1080. The zero-order valence-electron chi connectivity index (χ0n) is 15.0. The minimum absolute atomic E-state index is 0.143. The van der Waals surface area contributed by atoms with Crippen LogP contribution in [0.3, 0.4) is 0 Å². The van der Waals surface area contributed by atoms with Gasteiger partial charge in [-0.3, -0.25) is 14.5 Å². The molecular formula is C20H14ClN3O4S. The van der Waals surface area contributed by atoms with Crippen molar-refractivity contribution in [2.24, 2.45) is 0 Å². The molecule has 1 saturated heterocycles. The van der Waals surface area contributed by atoms with Gasteiger partial charge in [-0.15, -0.1) is 0 Å². The van der Waals surface area contributed by atoms with Crippen molar-refractivity contribution in [2.45, 2.75) is 22.6 Å². The standard InChI is InChI=1S/C20H14ClN3O4S/c21-14-9-13(6-5-12(14)10-22)23-17(25)11-28-19(27)20-8-7-18(26)24(20)15-3-1-2-4-16(15)29-20/h1-6,9H,7-8,11H2,(H,23,25)/t20-/m1/s1. The number of carbonyl (C=O) groups excluding carboxylic acids is 3. The number of hydrogen-bond acceptors (Lipinski definition) is 6. The van der Waals surface area contributed by atoms with Gasteiger partial charge in [-0.05, 0) is 30.3 Å². The van der Waals surface area contributed by atoms with Crippen LogP contribution in [0.25, 0.3) is 0 Å². The lowest BCUT2D eigenvalue weighted by molar-refractivity contribution is -0.149. The minimum atomic E-state index is -1.17. The fourth-order valence-electron chi connectivity index (χ4n) is 3.40. The zero-order chi connectivity index (χ0) is 20.6. The first-order valence-electron chi connectivity index (χ1n) is 8.72. The van der Waals surface area contributed by atoms with Crippen LogP contribution in [-0.2, 0) is 19.1 Å². The molecule has 9 heteroatoms. The van der Waals surface area contributed by atoms with E-state index in [1.807, 2.05) is 24.3 Å². The number of esters is 1. The third kappa shape index (κ3) is 3.33. The van der Waals surface area contributed by atoms with Gasteiger partial charge < -0.3 is 10.1 Å². The molecule has 2 heterocycles. The monoisotopic (exact) mass is 427 g/mol. The van der Waals surface area contributed by atoms with E-state index < -0.39 is 23.4 Å². The van der Waals surface area contributed by atoms with Gasteiger partial charge in [0, 0.05) is 23.4 Å². The van der Waals surface area contributed by atoms with Gasteiger partial charge in [-0.25, -0.2) is 4.79 Å². The second kappa shape index (κ2) is 7.43. The molecule has 0 saturated carbocycles. The molecular weight excluding hydrogens is 414 g/mol. The van der Waals surface area contributed by atoms with Crippen molar-refractivity contribution in [1.29, 1.82) is 5.26 Å². The summed E-state index contributed by atoms with van der Waals surface area (Å²) in [6, 6.07) is 13.7. The molecule has 7 nitrogen and oxygen atoms in total. The van der Waals surface area contributed by atoms with Crippen LogP contribution in [-0.4, -0.2) is 29.3 Å². The molecule has 0 radical (unpaired) electrons. The van der Waals surface area contributed by atoms with Crippen molar-refractivity contribution in [3.8, 4) is 6.07 Å². The highest BCUT2D eigenvalue weighted by Gasteiger charge is 2.58. The van der Waals surface area contributed by atoms with E-state index in [1.165, 1.54) is 34.9 Å². The number of para-hydroxylation sites is 1. The molecule has 0 aliphatic carbocycles. The third-order valence-electron chi connectivity index (χ3n) is 4.70. The molecule has 0 aromatic heterocycles. The number of fused-ring (bicyclic) bond motifs is 3. The third-order valence-corrected chi connectivity index (χ3v) is 6.47. The van der Waals surface area contributed by atoms with Gasteiger partial charge in [-0.2, -0.15) is 5.26 Å². The Morgan fingerprint density at radius 1 is 1.31 bits per heavy atom. The van der Waals surface area contributed by atoms with E-state index in [4.69, 9.17) is 21.6 Å². The molecule has 1 fully saturated rings. The number of anilines is 2. The Morgan fingerprint density at radius 3 is 2.86 bits per heavy atom. The fraction of sp³-hybridized carbons (Fsp3) is 0.200. The molecule has 2 aromatic rings. The van der Waals surface area contributed by atoms with E-state index >= 15 is 0 Å². The van der Waals surface area contributed by atoms with E-state index in [2.05, 4.69) is 5.32 Å². The SMILES string of the molecule is N#Cc1ccc(NC(=O)COC(=O)[C@]23CCC(=O)N2c2ccccc2S3)cc1Cl. The van der Waals surface area contributed by atoms with Crippen LogP contribution in [0.1, 0.15) is 18.4 Å². The van der Waals surface area contributed by atoms with Crippen LogP contribution in [0.15, 0.2) is 47.4 Å². The molecule has 1 N–H and O–H groups in total. The second-order valence-corrected chi connectivity index (χ2v) is 8.24. The number of ether oxygens (including phenoxy) is 1. The van der Waals surface area contributed by atoms with E-state index in [0.29, 0.717) is 23.4 Å². The van der Waals surface area contributed by atoms with Crippen molar-refractivity contribution >= 4 is 52.5 Å². The summed E-state index contributed by atoms with van der Waals surface area (Å²) in [4.78, 5) is 38.6. The minimum Gasteiger partial charge on any atom is -0.453 e. The second-order valence-electron chi connectivity index (χ2n) is 6.51. The van der Waals surface area contributed by atoms with Crippen LogP contribution in [0.5, 0.6) is 0 Å². The predicted molar refractivity (Wildman–Crippen MR) is 108 cm³/mol. The Morgan fingerprint density at radius 2 is 2.10 bits per heavy atom. The average Bonchev–Trinajstić information content (AvgIpc) is 3.22. The first-order chi connectivity index (χ1) is 13.9. The molecule has 4 rings (SSSR count). The van der Waals surface area contributed by atoms with Gasteiger partial charge in [0.15, 0.2) is 11.5 Å². The summed E-state index contributed by atoms with van der Waals surface area (Å²) in [5.74, 6) is -1.32. The Hall–Kier alpha value is -3.02. The fourth-order valence-corrected chi connectivity index (χ4v) is 5.03. The van der Waals surface area contributed by atoms with Gasteiger partial charge in [0.05, 0.1) is 16.3 Å². The smallest absolute Gasteiger partial charge is 0.344 e. The van der Waals surface area contributed by atoms with Crippen molar-refractivity contribution in [3.05, 3.63) is 53.1 Å². The number of benzene rings is 2. The molecule has 0 bridgehead atoms. The molecule has 0 unspecified atom stereocenters. The molecule has 2 amide bonds. The lowest BCUT2D eigenvalue weighted by atomic mass is 10.2. The number of rotatable bonds is 4. The van der Waals surface area contributed by atoms with E-state index in [1.54, 1.807) is 6.07 Å². The molecule has 0 spiro atoms. The van der Waals surface area contributed by atoms with Crippen LogP contribution in [0.2, 0.25) is 5.02 Å². The molecule has 146 valence electrons. The quantitative estimate of drug-likeness (QED) is 0.751. The summed E-state index contributed by atoms with van der Waals surface area (Å²) >= 11 is 7.22. The van der Waals surface area contributed by atoms with Crippen molar-refractivity contribution in [1.82, 2.24) is 0 Å². The Labute approximate surface area is 175 Å². The maximum atomic E-state index is 12.9. The molecule has 2 aliphatic heterocycles. The van der Waals surface area contributed by atoms with E-state index in [9.17, 15) is 14.4 Å². The summed E-state index contributed by atoms with van der Waals surface area (Å²) < 4.78 is 5.27. The summed E-state index contributed by atoms with van der Waals surface area (Å²) in [6.45, 7) is -0.503. The zero-order valence-corrected chi connectivity index (χ0v) is 16.5. The van der Waals surface area contributed by atoms with Crippen molar-refractivity contribution in [3.63, 3.8) is 0 Å². The normalized spacial score (nSPS) is 19.3. The maximum absolute atomic E-state index is 12.9. The number of nitrogens with zero attached hydrogens (tertiary/aromatic N) is 2. The summed E-state index contributed by atoms with van der Waals surface area (Å²) in [7, 11) is 0. The van der Waals surface area contributed by atoms with Crippen LogP contribution >= 0.6 is 23.4 Å². The van der Waals surface area contributed by atoms with Gasteiger partial charge in [0.25, 0.3) is 5.91 Å². The summed E-state index contributed by atoms with van der Waals surface area (Å²) in [5, 5.41) is 11.7. The molecule has 1 atom stereocenters. The Balaban J connectivity index is 1.43. The molecule has 29 heavy (non-hydrogen) atoms. The van der Waals surface area contributed by atoms with Crippen LogP contribution < -0.4 is 10.2 Å². The predicted octanol–water partition coefficient (Wildman–Crippen LogP) is 3.32. The number of amides is 2. The first-order valence-corrected chi connectivity index (χ1v) is 9.92. The number of carbonyl (C=O) groups is 3. The number of nitriles is 1. The maximum Gasteiger partial charge on any atom is 0.344 e. The van der Waals surface area contributed by atoms with Crippen LogP contribution in [0.4, 0.5) is 11.4 Å².